The fourth-order valence-corrected chi connectivity index (χ4v) is 1.77. The van der Waals surface area contributed by atoms with E-state index in [4.69, 9.17) is 0 Å². The van der Waals surface area contributed by atoms with Crippen LogP contribution in [-0.4, -0.2) is 33.5 Å². The first-order chi connectivity index (χ1) is 8.61. The highest BCUT2D eigenvalue weighted by Crippen LogP contribution is 2.18. The number of hydrogen-bond donors (Lipinski definition) is 1. The van der Waals surface area contributed by atoms with Crippen molar-refractivity contribution in [2.45, 2.75) is 46.1 Å². The molecule has 1 heterocycles. The van der Waals surface area contributed by atoms with Gasteiger partial charge in [-0.15, -0.1) is 0 Å². The zero-order chi connectivity index (χ0) is 13.5. The molecule has 1 amide bonds. The van der Waals surface area contributed by atoms with Crippen LogP contribution < -0.4 is 0 Å². The summed E-state index contributed by atoms with van der Waals surface area (Å²) in [6, 6.07) is 3.27. The summed E-state index contributed by atoms with van der Waals surface area (Å²) in [5.41, 5.74) is 0.147. The fourth-order valence-electron chi connectivity index (χ4n) is 1.77. The van der Waals surface area contributed by atoms with Gasteiger partial charge in [0, 0.05) is 18.8 Å². The first-order valence-electron chi connectivity index (χ1n) is 6.56. The van der Waals surface area contributed by atoms with Crippen molar-refractivity contribution in [3.05, 3.63) is 24.0 Å². The quantitative estimate of drug-likeness (QED) is 0.844. The van der Waals surface area contributed by atoms with Gasteiger partial charge in [-0.25, -0.2) is 4.98 Å². The summed E-state index contributed by atoms with van der Waals surface area (Å²) in [6.45, 7) is 6.88. The molecule has 0 spiro atoms. The zero-order valence-electron chi connectivity index (χ0n) is 11.4. The monoisotopic (exact) mass is 250 g/mol. The number of carbonyl (C=O) groups is 1. The zero-order valence-corrected chi connectivity index (χ0v) is 11.4. The fraction of sp³-hybridized carbons (Fsp3) is 0.571. The van der Waals surface area contributed by atoms with Crippen molar-refractivity contribution in [3.63, 3.8) is 0 Å². The lowest BCUT2D eigenvalue weighted by Gasteiger charge is -2.28. The van der Waals surface area contributed by atoms with Crippen LogP contribution in [0.25, 0.3) is 0 Å². The van der Waals surface area contributed by atoms with Gasteiger partial charge in [0.1, 0.15) is 5.75 Å². The molecule has 4 nitrogen and oxygen atoms in total. The summed E-state index contributed by atoms with van der Waals surface area (Å²) in [6.07, 6.45) is 4.42. The largest absolute Gasteiger partial charge is 0.505 e. The normalized spacial score (nSPS) is 12.2. The molecule has 1 aromatic heterocycles. The molecule has 4 heteroatoms. The van der Waals surface area contributed by atoms with E-state index in [1.165, 1.54) is 12.3 Å². The highest BCUT2D eigenvalue weighted by Gasteiger charge is 2.23. The van der Waals surface area contributed by atoms with Crippen LogP contribution in [0.2, 0.25) is 0 Å². The molecule has 100 valence electrons. The first kappa shape index (κ1) is 14.5. The Balaban J connectivity index is 2.91. The van der Waals surface area contributed by atoms with Crippen LogP contribution >= 0.6 is 0 Å². The summed E-state index contributed by atoms with van der Waals surface area (Å²) in [7, 11) is 0. The van der Waals surface area contributed by atoms with Gasteiger partial charge in [-0.2, -0.15) is 0 Å². The van der Waals surface area contributed by atoms with Crippen molar-refractivity contribution in [1.29, 1.82) is 0 Å². The van der Waals surface area contributed by atoms with E-state index in [1.807, 2.05) is 6.92 Å². The third kappa shape index (κ3) is 3.45. The molecule has 0 aliphatic rings. The Labute approximate surface area is 109 Å². The van der Waals surface area contributed by atoms with E-state index in [1.54, 1.807) is 11.0 Å². The second-order valence-electron chi connectivity index (χ2n) is 4.48. The molecule has 0 radical (unpaired) electrons. The van der Waals surface area contributed by atoms with Crippen LogP contribution in [0.5, 0.6) is 5.75 Å². The molecule has 0 saturated heterocycles. The highest BCUT2D eigenvalue weighted by molar-refractivity contribution is 5.94. The van der Waals surface area contributed by atoms with E-state index in [0.717, 1.165) is 19.3 Å². The van der Waals surface area contributed by atoms with Gasteiger partial charge in [0.2, 0.25) is 0 Å². The number of hydrogen-bond acceptors (Lipinski definition) is 3. The molecule has 1 atom stereocenters. The maximum atomic E-state index is 12.4. The third-order valence-electron chi connectivity index (χ3n) is 3.13. The Morgan fingerprint density at radius 1 is 1.50 bits per heavy atom. The Kier molecular flexibility index (Phi) is 5.62. The minimum atomic E-state index is -0.184. The van der Waals surface area contributed by atoms with Gasteiger partial charge in [0.05, 0.1) is 0 Å². The Hall–Kier alpha value is -1.58. The van der Waals surface area contributed by atoms with Crippen molar-refractivity contribution in [3.8, 4) is 5.75 Å². The SMILES string of the molecule is CCCCN(C(=O)c1ncccc1O)C(C)CC. The van der Waals surface area contributed by atoms with Gasteiger partial charge in [0.25, 0.3) is 5.91 Å². The molecule has 0 saturated carbocycles. The van der Waals surface area contributed by atoms with Crippen LogP contribution in [0.15, 0.2) is 18.3 Å². The van der Waals surface area contributed by atoms with Crippen molar-refractivity contribution in [2.24, 2.45) is 0 Å². The smallest absolute Gasteiger partial charge is 0.276 e. The number of pyridine rings is 1. The molecule has 0 aromatic carbocycles. The van der Waals surface area contributed by atoms with E-state index in [2.05, 4.69) is 18.8 Å². The molecule has 18 heavy (non-hydrogen) atoms. The van der Waals surface area contributed by atoms with Gasteiger partial charge in [-0.3, -0.25) is 4.79 Å². The van der Waals surface area contributed by atoms with Crippen molar-refractivity contribution in [2.75, 3.05) is 6.54 Å². The second-order valence-corrected chi connectivity index (χ2v) is 4.48. The molecule has 1 aromatic rings. The third-order valence-corrected chi connectivity index (χ3v) is 3.13. The first-order valence-corrected chi connectivity index (χ1v) is 6.56. The van der Waals surface area contributed by atoms with E-state index in [-0.39, 0.29) is 23.4 Å². The lowest BCUT2D eigenvalue weighted by molar-refractivity contribution is 0.0676. The number of unbranched alkanes of at least 4 members (excludes halogenated alkanes) is 1. The van der Waals surface area contributed by atoms with Crippen LogP contribution in [0.1, 0.15) is 50.5 Å². The highest BCUT2D eigenvalue weighted by atomic mass is 16.3. The maximum absolute atomic E-state index is 12.4. The van der Waals surface area contributed by atoms with E-state index >= 15 is 0 Å². The van der Waals surface area contributed by atoms with Gasteiger partial charge >= 0.3 is 0 Å². The van der Waals surface area contributed by atoms with Crippen LogP contribution in [-0.2, 0) is 0 Å². The molecule has 0 aliphatic carbocycles. The average molecular weight is 250 g/mol. The molecule has 1 unspecified atom stereocenters. The predicted molar refractivity (Wildman–Crippen MR) is 71.6 cm³/mol. The Morgan fingerprint density at radius 2 is 2.22 bits per heavy atom. The molecule has 0 bridgehead atoms. The molecule has 1 rings (SSSR count). The number of nitrogens with zero attached hydrogens (tertiary/aromatic N) is 2. The minimum absolute atomic E-state index is 0.0488. The molecule has 0 aliphatic heterocycles. The van der Waals surface area contributed by atoms with Crippen molar-refractivity contribution < 1.29 is 9.90 Å². The van der Waals surface area contributed by atoms with Gasteiger partial charge < -0.3 is 10.0 Å². The number of rotatable bonds is 6. The van der Waals surface area contributed by atoms with E-state index < -0.39 is 0 Å². The van der Waals surface area contributed by atoms with Crippen LogP contribution in [0.3, 0.4) is 0 Å². The van der Waals surface area contributed by atoms with Gasteiger partial charge in [-0.05, 0) is 31.9 Å². The summed E-state index contributed by atoms with van der Waals surface area (Å²) in [5.74, 6) is -0.233. The number of amides is 1. The van der Waals surface area contributed by atoms with Gasteiger partial charge in [-0.1, -0.05) is 20.3 Å². The number of carbonyl (C=O) groups excluding carboxylic acids is 1. The number of aromatic nitrogens is 1. The second kappa shape index (κ2) is 6.99. The van der Waals surface area contributed by atoms with Crippen molar-refractivity contribution >= 4 is 5.91 Å². The summed E-state index contributed by atoms with van der Waals surface area (Å²) < 4.78 is 0. The maximum Gasteiger partial charge on any atom is 0.276 e. The summed E-state index contributed by atoms with van der Waals surface area (Å²) in [4.78, 5) is 18.2. The van der Waals surface area contributed by atoms with Crippen molar-refractivity contribution in [1.82, 2.24) is 9.88 Å². The predicted octanol–water partition coefficient (Wildman–Crippen LogP) is 2.83. The minimum Gasteiger partial charge on any atom is -0.505 e. The topological polar surface area (TPSA) is 53.4 Å². The molecule has 1 N–H and O–H groups in total. The molecular formula is C14H22N2O2. The Morgan fingerprint density at radius 3 is 2.78 bits per heavy atom. The van der Waals surface area contributed by atoms with Crippen LogP contribution in [0, 0.1) is 0 Å². The average Bonchev–Trinajstić information content (AvgIpc) is 2.39. The Bertz CT molecular complexity index is 393. The van der Waals surface area contributed by atoms with Crippen LogP contribution in [0.4, 0.5) is 0 Å². The lowest BCUT2D eigenvalue weighted by Crippen LogP contribution is -2.39. The lowest BCUT2D eigenvalue weighted by atomic mass is 10.1. The number of aromatic hydroxyl groups is 1. The molecule has 0 fully saturated rings. The summed E-state index contributed by atoms with van der Waals surface area (Å²) in [5, 5.41) is 9.70. The standard InChI is InChI=1S/C14H22N2O2/c1-4-6-10-16(11(3)5-2)14(18)13-12(17)8-7-9-15-13/h7-9,11,17H,4-6,10H2,1-3H3. The van der Waals surface area contributed by atoms with Gasteiger partial charge in [0.15, 0.2) is 5.69 Å². The molecular weight excluding hydrogens is 228 g/mol. The summed E-state index contributed by atoms with van der Waals surface area (Å²) >= 11 is 0. The van der Waals surface area contributed by atoms with E-state index in [9.17, 15) is 9.90 Å². The van der Waals surface area contributed by atoms with E-state index in [0.29, 0.717) is 6.54 Å².